The molecule has 4 rings (SSSR count). The summed E-state index contributed by atoms with van der Waals surface area (Å²) < 4.78 is 0. The molecule has 0 spiro atoms. The fraction of sp³-hybridized carbons (Fsp3) is 0.875. The summed E-state index contributed by atoms with van der Waals surface area (Å²) in [5.74, 6) is 1.69. The minimum absolute atomic E-state index is 0.0631. The SMILES string of the molecule is C[C@H]1CC(=O)C2=C(CCCCCCCCC2)C1.C[C@H]1CC(=O)[C@@H]2CCCCCCCCC[C@@]2(O)C1. The summed E-state index contributed by atoms with van der Waals surface area (Å²) in [7, 11) is 0. The first-order valence-electron chi connectivity index (χ1n) is 15.4. The highest BCUT2D eigenvalue weighted by molar-refractivity contribution is 5.97. The second-order valence-corrected chi connectivity index (χ2v) is 12.6. The molecular formula is C32H54O3. The average Bonchev–Trinajstić information content (AvgIpc) is 2.87. The quantitative estimate of drug-likeness (QED) is 0.372. The molecule has 2 fully saturated rings. The number of rotatable bonds is 0. The lowest BCUT2D eigenvalue weighted by Gasteiger charge is -2.42. The molecule has 0 aromatic rings. The third-order valence-electron chi connectivity index (χ3n) is 9.19. The average molecular weight is 487 g/mol. The molecular weight excluding hydrogens is 432 g/mol. The minimum Gasteiger partial charge on any atom is -0.389 e. The molecule has 1 N–H and O–H groups in total. The Morgan fingerprint density at radius 1 is 0.657 bits per heavy atom. The predicted octanol–water partition coefficient (Wildman–Crippen LogP) is 8.66. The summed E-state index contributed by atoms with van der Waals surface area (Å²) in [6, 6.07) is 0. The van der Waals surface area contributed by atoms with Crippen LogP contribution in [0.2, 0.25) is 0 Å². The van der Waals surface area contributed by atoms with Crippen molar-refractivity contribution in [3.05, 3.63) is 11.1 Å². The number of Topliss-reactive ketones (excluding diaryl/α,β-unsaturated/α-hetero) is 2. The van der Waals surface area contributed by atoms with Crippen molar-refractivity contribution >= 4 is 11.6 Å². The molecule has 0 aromatic carbocycles. The van der Waals surface area contributed by atoms with Crippen LogP contribution in [0.4, 0.5) is 0 Å². The van der Waals surface area contributed by atoms with Crippen molar-refractivity contribution in [2.24, 2.45) is 17.8 Å². The molecule has 0 amide bonds. The number of aliphatic hydroxyl groups is 1. The third-order valence-corrected chi connectivity index (χ3v) is 9.19. The molecule has 200 valence electrons. The standard InChI is InChI=1S/C16H28O2.C16H26O/c1-13-11-15(17)14-9-7-5-3-2-4-6-8-10-16(14,18)12-13;1-13-11-14-9-7-5-3-2-4-6-8-10-15(14)16(17)12-13/h13-14,18H,2-12H2,1H3;13H,2-12H2,1H3/t13-,14-,16+;13-/m01/s1. The Kier molecular flexibility index (Phi) is 12.0. The minimum atomic E-state index is -0.681. The van der Waals surface area contributed by atoms with Gasteiger partial charge in [0.05, 0.1) is 5.60 Å². The van der Waals surface area contributed by atoms with Crippen LogP contribution in [0.5, 0.6) is 0 Å². The van der Waals surface area contributed by atoms with E-state index >= 15 is 0 Å². The van der Waals surface area contributed by atoms with Crippen molar-refractivity contribution in [2.75, 3.05) is 0 Å². The Hall–Kier alpha value is -0.960. The van der Waals surface area contributed by atoms with Crippen LogP contribution in [0, 0.1) is 17.8 Å². The fourth-order valence-corrected chi connectivity index (χ4v) is 7.32. The van der Waals surface area contributed by atoms with Crippen molar-refractivity contribution in [3.63, 3.8) is 0 Å². The lowest BCUT2D eigenvalue weighted by Crippen LogP contribution is -2.48. The number of ketones is 2. The predicted molar refractivity (Wildman–Crippen MR) is 145 cm³/mol. The molecule has 0 radical (unpaired) electrons. The molecule has 35 heavy (non-hydrogen) atoms. The molecule has 0 unspecified atom stereocenters. The van der Waals surface area contributed by atoms with E-state index in [2.05, 4.69) is 13.8 Å². The zero-order valence-electron chi connectivity index (χ0n) is 23.1. The number of fused-ring (bicyclic) bond motifs is 1. The first kappa shape index (κ1) is 28.6. The Balaban J connectivity index is 0.000000196. The van der Waals surface area contributed by atoms with E-state index in [0.29, 0.717) is 29.8 Å². The van der Waals surface area contributed by atoms with Gasteiger partial charge in [0.15, 0.2) is 5.78 Å². The second-order valence-electron chi connectivity index (χ2n) is 12.6. The van der Waals surface area contributed by atoms with E-state index in [1.54, 1.807) is 0 Å². The van der Waals surface area contributed by atoms with Crippen LogP contribution in [0.15, 0.2) is 11.1 Å². The summed E-state index contributed by atoms with van der Waals surface area (Å²) in [6.07, 6.45) is 25.5. The molecule has 4 aliphatic rings. The molecule has 0 aromatic heterocycles. The molecule has 0 saturated heterocycles. The van der Waals surface area contributed by atoms with E-state index in [1.165, 1.54) is 101 Å². The van der Waals surface area contributed by atoms with Crippen LogP contribution < -0.4 is 0 Å². The van der Waals surface area contributed by atoms with Gasteiger partial charge in [-0.3, -0.25) is 9.59 Å². The van der Waals surface area contributed by atoms with Crippen molar-refractivity contribution in [2.45, 2.75) is 161 Å². The molecule has 3 nitrogen and oxygen atoms in total. The van der Waals surface area contributed by atoms with Crippen molar-refractivity contribution in [3.8, 4) is 0 Å². The highest BCUT2D eigenvalue weighted by Gasteiger charge is 2.45. The first-order valence-corrected chi connectivity index (χ1v) is 15.4. The van der Waals surface area contributed by atoms with E-state index in [4.69, 9.17) is 0 Å². The van der Waals surface area contributed by atoms with E-state index in [0.717, 1.165) is 44.9 Å². The summed E-state index contributed by atoms with van der Waals surface area (Å²) >= 11 is 0. The van der Waals surface area contributed by atoms with Gasteiger partial charge in [0.2, 0.25) is 0 Å². The Labute approximate surface area is 215 Å². The molecule has 0 heterocycles. The van der Waals surface area contributed by atoms with Crippen molar-refractivity contribution < 1.29 is 14.7 Å². The third kappa shape index (κ3) is 9.13. The van der Waals surface area contributed by atoms with E-state index in [1.807, 2.05) is 0 Å². The van der Waals surface area contributed by atoms with Gasteiger partial charge >= 0.3 is 0 Å². The van der Waals surface area contributed by atoms with Crippen LogP contribution in [0.25, 0.3) is 0 Å². The van der Waals surface area contributed by atoms with E-state index in [9.17, 15) is 14.7 Å². The second kappa shape index (κ2) is 14.7. The molecule has 2 saturated carbocycles. The lowest BCUT2D eigenvalue weighted by molar-refractivity contribution is -0.143. The summed E-state index contributed by atoms with van der Waals surface area (Å²) in [4.78, 5) is 24.4. The molecule has 4 atom stereocenters. The Bertz CT molecular complexity index is 708. The van der Waals surface area contributed by atoms with Gasteiger partial charge < -0.3 is 5.11 Å². The zero-order valence-corrected chi connectivity index (χ0v) is 23.1. The van der Waals surface area contributed by atoms with Gasteiger partial charge in [0, 0.05) is 18.8 Å². The normalized spacial score (nSPS) is 34.3. The summed E-state index contributed by atoms with van der Waals surface area (Å²) in [6.45, 7) is 4.34. The van der Waals surface area contributed by atoms with Gasteiger partial charge in [-0.2, -0.15) is 0 Å². The number of carbonyl (C=O) groups is 2. The van der Waals surface area contributed by atoms with Crippen LogP contribution in [-0.4, -0.2) is 22.3 Å². The van der Waals surface area contributed by atoms with Gasteiger partial charge in [-0.15, -0.1) is 0 Å². The van der Waals surface area contributed by atoms with Gasteiger partial charge in [-0.1, -0.05) is 96.5 Å². The van der Waals surface area contributed by atoms with Gasteiger partial charge in [0.25, 0.3) is 0 Å². The molecule has 0 aliphatic heterocycles. The van der Waals surface area contributed by atoms with Crippen LogP contribution in [0.1, 0.15) is 155 Å². The molecule has 3 heteroatoms. The zero-order chi connectivity index (χ0) is 25.1. The smallest absolute Gasteiger partial charge is 0.159 e. The van der Waals surface area contributed by atoms with Crippen LogP contribution in [0.3, 0.4) is 0 Å². The highest BCUT2D eigenvalue weighted by atomic mass is 16.3. The Morgan fingerprint density at radius 3 is 1.91 bits per heavy atom. The van der Waals surface area contributed by atoms with Crippen molar-refractivity contribution in [1.29, 1.82) is 0 Å². The van der Waals surface area contributed by atoms with Gasteiger partial charge in [-0.25, -0.2) is 0 Å². The highest BCUT2D eigenvalue weighted by Crippen LogP contribution is 2.41. The first-order chi connectivity index (χ1) is 16.9. The monoisotopic (exact) mass is 486 g/mol. The molecule has 4 aliphatic carbocycles. The lowest BCUT2D eigenvalue weighted by atomic mass is 9.67. The fourth-order valence-electron chi connectivity index (χ4n) is 7.32. The van der Waals surface area contributed by atoms with Crippen LogP contribution in [-0.2, 0) is 9.59 Å². The summed E-state index contributed by atoms with van der Waals surface area (Å²) in [5, 5.41) is 10.9. The Morgan fingerprint density at radius 2 is 1.23 bits per heavy atom. The molecule has 0 bridgehead atoms. The maximum Gasteiger partial charge on any atom is 0.159 e. The number of hydrogen-bond donors (Lipinski definition) is 1. The topological polar surface area (TPSA) is 54.4 Å². The van der Waals surface area contributed by atoms with E-state index < -0.39 is 5.60 Å². The van der Waals surface area contributed by atoms with E-state index in [-0.39, 0.29) is 5.92 Å². The number of carbonyl (C=O) groups excluding carboxylic acids is 2. The largest absolute Gasteiger partial charge is 0.389 e. The van der Waals surface area contributed by atoms with Crippen LogP contribution >= 0.6 is 0 Å². The number of allylic oxidation sites excluding steroid dienone is 2. The van der Waals surface area contributed by atoms with Gasteiger partial charge in [-0.05, 0) is 68.8 Å². The maximum atomic E-state index is 12.2. The number of hydrogen-bond acceptors (Lipinski definition) is 3. The maximum absolute atomic E-state index is 12.2. The van der Waals surface area contributed by atoms with Crippen molar-refractivity contribution in [1.82, 2.24) is 0 Å². The summed E-state index contributed by atoms with van der Waals surface area (Å²) in [5.41, 5.74) is 2.08. The van der Waals surface area contributed by atoms with Gasteiger partial charge in [0.1, 0.15) is 5.78 Å².